The molecule has 98 valence electrons. The van der Waals surface area contributed by atoms with Crippen LogP contribution in [-0.4, -0.2) is 13.7 Å². The lowest BCUT2D eigenvalue weighted by Crippen LogP contribution is -2.29. The van der Waals surface area contributed by atoms with Crippen molar-refractivity contribution < 1.29 is 4.74 Å². The summed E-state index contributed by atoms with van der Waals surface area (Å²) in [5.41, 5.74) is 4.00. The van der Waals surface area contributed by atoms with E-state index in [9.17, 15) is 0 Å². The third-order valence-electron chi connectivity index (χ3n) is 3.80. The highest BCUT2D eigenvalue weighted by molar-refractivity contribution is 5.34. The molecule has 2 atom stereocenters. The van der Waals surface area contributed by atoms with Gasteiger partial charge in [0.1, 0.15) is 6.10 Å². The SMILES string of the molecule is CNC(c1ccccc1)C1OCCc2ccccc21. The maximum Gasteiger partial charge on any atom is 0.102 e. The van der Waals surface area contributed by atoms with E-state index in [2.05, 4.69) is 53.8 Å². The molecule has 2 aromatic rings. The Labute approximate surface area is 114 Å². The lowest BCUT2D eigenvalue weighted by molar-refractivity contribution is 0.0166. The van der Waals surface area contributed by atoms with E-state index in [0.29, 0.717) is 0 Å². The molecule has 0 aliphatic carbocycles. The Kier molecular flexibility index (Phi) is 3.62. The lowest BCUT2D eigenvalue weighted by atomic mass is 9.90. The Bertz CT molecular complexity index is 538. The van der Waals surface area contributed by atoms with Gasteiger partial charge < -0.3 is 10.1 Å². The fraction of sp³-hybridized carbons (Fsp3) is 0.294. The normalized spacial score (nSPS) is 19.7. The molecule has 1 heterocycles. The van der Waals surface area contributed by atoms with E-state index in [4.69, 9.17) is 4.74 Å². The molecule has 2 unspecified atom stereocenters. The lowest BCUT2D eigenvalue weighted by Gasteiger charge is -2.32. The predicted molar refractivity (Wildman–Crippen MR) is 77.1 cm³/mol. The van der Waals surface area contributed by atoms with Gasteiger partial charge in [0, 0.05) is 0 Å². The van der Waals surface area contributed by atoms with Crippen molar-refractivity contribution >= 4 is 0 Å². The van der Waals surface area contributed by atoms with Gasteiger partial charge in [0.05, 0.1) is 12.6 Å². The van der Waals surface area contributed by atoms with Crippen LogP contribution in [0.1, 0.15) is 28.8 Å². The third kappa shape index (κ3) is 2.42. The van der Waals surface area contributed by atoms with Crippen LogP contribution < -0.4 is 5.32 Å². The molecule has 2 nitrogen and oxygen atoms in total. The molecule has 0 spiro atoms. The molecule has 0 fully saturated rings. The summed E-state index contributed by atoms with van der Waals surface area (Å²) in [6.45, 7) is 0.798. The molecule has 3 rings (SSSR count). The molecule has 2 heteroatoms. The van der Waals surface area contributed by atoms with E-state index >= 15 is 0 Å². The van der Waals surface area contributed by atoms with Crippen molar-refractivity contribution in [2.45, 2.75) is 18.6 Å². The summed E-state index contributed by atoms with van der Waals surface area (Å²) in [6, 6.07) is 19.3. The average molecular weight is 253 g/mol. The average Bonchev–Trinajstić information content (AvgIpc) is 2.49. The zero-order chi connectivity index (χ0) is 13.1. The molecule has 1 N–H and O–H groups in total. The van der Waals surface area contributed by atoms with Crippen LogP contribution in [0.25, 0.3) is 0 Å². The summed E-state index contributed by atoms with van der Waals surface area (Å²) in [7, 11) is 2.00. The van der Waals surface area contributed by atoms with Crippen molar-refractivity contribution in [1.29, 1.82) is 0 Å². The molecule has 19 heavy (non-hydrogen) atoms. The van der Waals surface area contributed by atoms with Crippen molar-refractivity contribution in [3.8, 4) is 0 Å². The fourth-order valence-electron chi connectivity index (χ4n) is 2.85. The second kappa shape index (κ2) is 5.55. The topological polar surface area (TPSA) is 21.3 Å². The van der Waals surface area contributed by atoms with Crippen LogP contribution in [0.3, 0.4) is 0 Å². The minimum absolute atomic E-state index is 0.0948. The largest absolute Gasteiger partial charge is 0.371 e. The number of nitrogens with one attached hydrogen (secondary N) is 1. The number of ether oxygens (including phenoxy) is 1. The second-order valence-corrected chi connectivity index (χ2v) is 4.92. The van der Waals surface area contributed by atoms with Crippen LogP contribution >= 0.6 is 0 Å². The molecule has 2 aromatic carbocycles. The number of hydrogen-bond donors (Lipinski definition) is 1. The van der Waals surface area contributed by atoms with E-state index < -0.39 is 0 Å². The highest BCUT2D eigenvalue weighted by atomic mass is 16.5. The van der Waals surface area contributed by atoms with Gasteiger partial charge in [-0.25, -0.2) is 0 Å². The van der Waals surface area contributed by atoms with Crippen LogP contribution in [0.15, 0.2) is 54.6 Å². The Morgan fingerprint density at radius 3 is 2.58 bits per heavy atom. The molecule has 0 saturated carbocycles. The van der Waals surface area contributed by atoms with E-state index in [0.717, 1.165) is 13.0 Å². The maximum atomic E-state index is 6.05. The van der Waals surface area contributed by atoms with Crippen molar-refractivity contribution in [2.24, 2.45) is 0 Å². The summed E-state index contributed by atoms with van der Waals surface area (Å²) in [4.78, 5) is 0. The first-order valence-electron chi connectivity index (χ1n) is 6.82. The first-order chi connectivity index (χ1) is 9.40. The van der Waals surface area contributed by atoms with Gasteiger partial charge in [-0.2, -0.15) is 0 Å². The van der Waals surface area contributed by atoms with Crippen LogP contribution in [0.2, 0.25) is 0 Å². The third-order valence-corrected chi connectivity index (χ3v) is 3.80. The monoisotopic (exact) mass is 253 g/mol. The summed E-state index contributed by atoms with van der Waals surface area (Å²) in [6.07, 6.45) is 1.11. The molecule has 1 aliphatic heterocycles. The summed E-state index contributed by atoms with van der Waals surface area (Å²) in [5.74, 6) is 0. The smallest absolute Gasteiger partial charge is 0.102 e. The predicted octanol–water partition coefficient (Wildman–Crippen LogP) is 3.26. The Balaban J connectivity index is 1.97. The van der Waals surface area contributed by atoms with Crippen molar-refractivity contribution in [2.75, 3.05) is 13.7 Å². The molecule has 0 radical (unpaired) electrons. The van der Waals surface area contributed by atoms with Crippen LogP contribution in [0, 0.1) is 0 Å². The van der Waals surface area contributed by atoms with E-state index in [1.165, 1.54) is 16.7 Å². The van der Waals surface area contributed by atoms with Gasteiger partial charge in [-0.3, -0.25) is 0 Å². The van der Waals surface area contributed by atoms with Gasteiger partial charge >= 0.3 is 0 Å². The van der Waals surface area contributed by atoms with Crippen molar-refractivity contribution in [1.82, 2.24) is 5.32 Å². The minimum Gasteiger partial charge on any atom is -0.371 e. The standard InChI is InChI=1S/C17H19NO/c1-18-16(14-8-3-2-4-9-14)17-15-10-6-5-7-13(15)11-12-19-17/h2-10,16-18H,11-12H2,1H3. The van der Waals surface area contributed by atoms with Gasteiger partial charge in [-0.15, -0.1) is 0 Å². The van der Waals surface area contributed by atoms with E-state index in [1.54, 1.807) is 0 Å². The molecular formula is C17H19NO. The first kappa shape index (κ1) is 12.4. The Morgan fingerprint density at radius 1 is 1.05 bits per heavy atom. The number of fused-ring (bicyclic) bond motifs is 1. The number of benzene rings is 2. The highest BCUT2D eigenvalue weighted by Gasteiger charge is 2.28. The van der Waals surface area contributed by atoms with Gasteiger partial charge in [0.25, 0.3) is 0 Å². The van der Waals surface area contributed by atoms with Crippen LogP contribution in [-0.2, 0) is 11.2 Å². The number of rotatable bonds is 3. The Morgan fingerprint density at radius 2 is 1.79 bits per heavy atom. The highest BCUT2D eigenvalue weighted by Crippen LogP contribution is 2.36. The van der Waals surface area contributed by atoms with Crippen molar-refractivity contribution in [3.05, 3.63) is 71.3 Å². The van der Waals surface area contributed by atoms with Crippen LogP contribution in [0.4, 0.5) is 0 Å². The molecule has 0 bridgehead atoms. The van der Waals surface area contributed by atoms with Crippen LogP contribution in [0.5, 0.6) is 0 Å². The number of hydrogen-bond acceptors (Lipinski definition) is 2. The van der Waals surface area contributed by atoms with Gasteiger partial charge in [-0.05, 0) is 30.2 Å². The Hall–Kier alpha value is -1.64. The number of likely N-dealkylation sites (N-methyl/N-ethyl adjacent to an activating group) is 1. The van der Waals surface area contributed by atoms with Gasteiger partial charge in [-0.1, -0.05) is 54.6 Å². The molecular weight excluding hydrogens is 234 g/mol. The van der Waals surface area contributed by atoms with Gasteiger partial charge in [0.15, 0.2) is 0 Å². The fourth-order valence-corrected chi connectivity index (χ4v) is 2.85. The van der Waals surface area contributed by atoms with E-state index in [1.807, 2.05) is 13.1 Å². The van der Waals surface area contributed by atoms with Crippen molar-refractivity contribution in [3.63, 3.8) is 0 Å². The molecule has 0 aromatic heterocycles. The molecule has 0 saturated heterocycles. The zero-order valence-corrected chi connectivity index (χ0v) is 11.2. The van der Waals surface area contributed by atoms with Gasteiger partial charge in [0.2, 0.25) is 0 Å². The summed E-state index contributed by atoms with van der Waals surface area (Å²) < 4.78 is 6.05. The summed E-state index contributed by atoms with van der Waals surface area (Å²) in [5, 5.41) is 3.40. The zero-order valence-electron chi connectivity index (χ0n) is 11.2. The van der Waals surface area contributed by atoms with E-state index in [-0.39, 0.29) is 12.1 Å². The second-order valence-electron chi connectivity index (χ2n) is 4.92. The summed E-state index contributed by atoms with van der Waals surface area (Å²) >= 11 is 0. The molecule has 1 aliphatic rings. The quantitative estimate of drug-likeness (QED) is 0.906. The molecule has 0 amide bonds. The minimum atomic E-state index is 0.0948. The first-order valence-corrected chi connectivity index (χ1v) is 6.82. The maximum absolute atomic E-state index is 6.05.